The first-order valence-corrected chi connectivity index (χ1v) is 5.08. The molecule has 0 nitrogen and oxygen atoms in total. The summed E-state index contributed by atoms with van der Waals surface area (Å²) in [6.07, 6.45) is -0.266. The average Bonchev–Trinajstić information content (AvgIpc) is 2.08. The Morgan fingerprint density at radius 3 is 2.00 bits per heavy atom. The van der Waals surface area contributed by atoms with Gasteiger partial charge >= 0.3 is 6.18 Å². The number of alkyl halides is 3. The number of hydrogen-bond acceptors (Lipinski definition) is 0. The standard InChI is InChI=1S/C11H17F3/c1-2-3-4-5-6-7-8-9-10-11(12,13)14/h2-4,7-10H2,1H3. The molecule has 0 N–H and O–H groups in total. The minimum atomic E-state index is -4.00. The van der Waals surface area contributed by atoms with Crippen molar-refractivity contribution in [3.63, 3.8) is 0 Å². The highest BCUT2D eigenvalue weighted by molar-refractivity contribution is 4.98. The Morgan fingerprint density at radius 2 is 1.50 bits per heavy atom. The maximum Gasteiger partial charge on any atom is 0.389 e. The van der Waals surface area contributed by atoms with E-state index in [1.807, 2.05) is 0 Å². The zero-order valence-corrected chi connectivity index (χ0v) is 8.58. The highest BCUT2D eigenvalue weighted by Gasteiger charge is 2.25. The van der Waals surface area contributed by atoms with Crippen LogP contribution in [0.2, 0.25) is 0 Å². The number of hydrogen-bond donors (Lipinski definition) is 0. The molecule has 82 valence electrons. The third kappa shape index (κ3) is 11.4. The lowest BCUT2D eigenvalue weighted by molar-refractivity contribution is -0.135. The minimum Gasteiger partial charge on any atom is -0.171 e. The van der Waals surface area contributed by atoms with Gasteiger partial charge < -0.3 is 0 Å². The molecule has 0 aromatic heterocycles. The van der Waals surface area contributed by atoms with E-state index >= 15 is 0 Å². The SMILES string of the molecule is CCCCC#CCCCCC(F)(F)F. The van der Waals surface area contributed by atoms with Crippen molar-refractivity contribution < 1.29 is 13.2 Å². The first kappa shape index (κ1) is 13.4. The molecule has 0 aliphatic carbocycles. The summed E-state index contributed by atoms with van der Waals surface area (Å²) in [5.41, 5.74) is 0. The third-order valence-corrected chi connectivity index (χ3v) is 1.79. The van der Waals surface area contributed by atoms with Crippen molar-refractivity contribution in [2.45, 2.75) is 58.0 Å². The Balaban J connectivity index is 3.23. The molecule has 0 atom stereocenters. The lowest BCUT2D eigenvalue weighted by Gasteiger charge is -2.03. The van der Waals surface area contributed by atoms with E-state index in [4.69, 9.17) is 0 Å². The van der Waals surface area contributed by atoms with E-state index in [1.54, 1.807) is 0 Å². The highest BCUT2D eigenvalue weighted by atomic mass is 19.4. The fraction of sp³-hybridized carbons (Fsp3) is 0.818. The van der Waals surface area contributed by atoms with Crippen LogP contribution < -0.4 is 0 Å². The van der Waals surface area contributed by atoms with Gasteiger partial charge in [0.1, 0.15) is 0 Å². The van der Waals surface area contributed by atoms with Crippen LogP contribution in [0.1, 0.15) is 51.9 Å². The molecule has 0 aromatic rings. The second-order valence-corrected chi connectivity index (χ2v) is 3.28. The van der Waals surface area contributed by atoms with Crippen molar-refractivity contribution in [1.29, 1.82) is 0 Å². The fourth-order valence-corrected chi connectivity index (χ4v) is 0.981. The molecule has 0 aliphatic rings. The van der Waals surface area contributed by atoms with E-state index in [2.05, 4.69) is 18.8 Å². The molecule has 0 aromatic carbocycles. The van der Waals surface area contributed by atoms with Gasteiger partial charge in [-0.05, 0) is 19.3 Å². The predicted octanol–water partition coefficient (Wildman–Crippen LogP) is 4.30. The van der Waals surface area contributed by atoms with E-state index in [9.17, 15) is 13.2 Å². The molecule has 0 saturated carbocycles. The molecule has 14 heavy (non-hydrogen) atoms. The van der Waals surface area contributed by atoms with Crippen LogP contribution in [0.3, 0.4) is 0 Å². The van der Waals surface area contributed by atoms with Crippen LogP contribution in [0.25, 0.3) is 0 Å². The summed E-state index contributed by atoms with van der Waals surface area (Å²) in [7, 11) is 0. The second-order valence-electron chi connectivity index (χ2n) is 3.28. The molecule has 0 rings (SSSR count). The second kappa shape index (κ2) is 7.73. The smallest absolute Gasteiger partial charge is 0.171 e. The topological polar surface area (TPSA) is 0 Å². The lowest BCUT2D eigenvalue weighted by Crippen LogP contribution is -2.05. The van der Waals surface area contributed by atoms with Crippen LogP contribution in [0.5, 0.6) is 0 Å². The molecule has 0 aliphatic heterocycles. The monoisotopic (exact) mass is 206 g/mol. The van der Waals surface area contributed by atoms with Crippen molar-refractivity contribution in [2.24, 2.45) is 0 Å². The van der Waals surface area contributed by atoms with Gasteiger partial charge in [-0.15, -0.1) is 11.8 Å². The third-order valence-electron chi connectivity index (χ3n) is 1.79. The van der Waals surface area contributed by atoms with Crippen molar-refractivity contribution in [1.82, 2.24) is 0 Å². The molecule has 3 heteroatoms. The van der Waals surface area contributed by atoms with E-state index in [-0.39, 0.29) is 6.42 Å². The summed E-state index contributed by atoms with van der Waals surface area (Å²) in [5.74, 6) is 5.84. The largest absolute Gasteiger partial charge is 0.389 e. The summed E-state index contributed by atoms with van der Waals surface area (Å²) in [6.45, 7) is 2.09. The summed E-state index contributed by atoms with van der Waals surface area (Å²) < 4.78 is 35.1. The van der Waals surface area contributed by atoms with Crippen molar-refractivity contribution in [3.05, 3.63) is 0 Å². The zero-order valence-electron chi connectivity index (χ0n) is 8.58. The molecule has 0 saturated heterocycles. The summed E-state index contributed by atoms with van der Waals surface area (Å²) in [5, 5.41) is 0. The van der Waals surface area contributed by atoms with Gasteiger partial charge in [-0.25, -0.2) is 0 Å². The Hall–Kier alpha value is -0.650. The first-order valence-electron chi connectivity index (χ1n) is 5.08. The molecule has 0 fully saturated rings. The molecule has 0 unspecified atom stereocenters. The van der Waals surface area contributed by atoms with Crippen molar-refractivity contribution in [3.8, 4) is 11.8 Å². The van der Waals surface area contributed by atoms with Crippen LogP contribution >= 0.6 is 0 Å². The maximum absolute atomic E-state index is 11.7. The van der Waals surface area contributed by atoms with Crippen LogP contribution in [0.4, 0.5) is 13.2 Å². The Kier molecular flexibility index (Phi) is 7.37. The number of unbranched alkanes of at least 4 members (excludes halogenated alkanes) is 4. The molecule has 0 bridgehead atoms. The highest BCUT2D eigenvalue weighted by Crippen LogP contribution is 2.22. The molecule has 0 heterocycles. The first-order chi connectivity index (χ1) is 6.56. The quantitative estimate of drug-likeness (QED) is 0.464. The Labute approximate surface area is 83.9 Å². The summed E-state index contributed by atoms with van der Waals surface area (Å²) >= 11 is 0. The summed E-state index contributed by atoms with van der Waals surface area (Å²) in [6, 6.07) is 0. The Morgan fingerprint density at radius 1 is 0.929 bits per heavy atom. The van der Waals surface area contributed by atoms with Gasteiger partial charge in [-0.1, -0.05) is 13.3 Å². The fourth-order valence-electron chi connectivity index (χ4n) is 0.981. The van der Waals surface area contributed by atoms with Crippen LogP contribution in [-0.2, 0) is 0 Å². The van der Waals surface area contributed by atoms with Crippen molar-refractivity contribution >= 4 is 0 Å². The molecule has 0 radical (unpaired) electrons. The molecular formula is C11H17F3. The average molecular weight is 206 g/mol. The normalized spacial score (nSPS) is 10.9. The minimum absolute atomic E-state index is 0.200. The summed E-state index contributed by atoms with van der Waals surface area (Å²) in [4.78, 5) is 0. The predicted molar refractivity (Wildman–Crippen MR) is 51.8 cm³/mol. The van der Waals surface area contributed by atoms with E-state index in [0.29, 0.717) is 12.8 Å². The number of rotatable bonds is 5. The van der Waals surface area contributed by atoms with Gasteiger partial charge in [0.25, 0.3) is 0 Å². The molecule has 0 spiro atoms. The zero-order chi connectivity index (χ0) is 10.9. The molecule has 0 amide bonds. The van der Waals surface area contributed by atoms with E-state index in [1.165, 1.54) is 0 Å². The van der Waals surface area contributed by atoms with Crippen LogP contribution in [0.15, 0.2) is 0 Å². The Bertz CT molecular complexity index is 183. The van der Waals surface area contributed by atoms with Gasteiger partial charge in [0.2, 0.25) is 0 Å². The van der Waals surface area contributed by atoms with Gasteiger partial charge in [0.15, 0.2) is 0 Å². The van der Waals surface area contributed by atoms with E-state index < -0.39 is 12.6 Å². The van der Waals surface area contributed by atoms with Gasteiger partial charge in [-0.3, -0.25) is 0 Å². The van der Waals surface area contributed by atoms with Crippen molar-refractivity contribution in [2.75, 3.05) is 0 Å². The van der Waals surface area contributed by atoms with E-state index in [0.717, 1.165) is 19.3 Å². The van der Waals surface area contributed by atoms with Crippen LogP contribution in [-0.4, -0.2) is 6.18 Å². The maximum atomic E-state index is 11.7. The van der Waals surface area contributed by atoms with Crippen LogP contribution in [0, 0.1) is 11.8 Å². The lowest BCUT2D eigenvalue weighted by atomic mass is 10.2. The molecular weight excluding hydrogens is 189 g/mol. The van der Waals surface area contributed by atoms with Gasteiger partial charge in [-0.2, -0.15) is 13.2 Å². The van der Waals surface area contributed by atoms with Gasteiger partial charge in [0, 0.05) is 19.3 Å². The van der Waals surface area contributed by atoms with Gasteiger partial charge in [0.05, 0.1) is 0 Å². The number of halogens is 3.